The molecule has 1 unspecified atom stereocenters. The highest BCUT2D eigenvalue weighted by Gasteiger charge is 2.32. The Labute approximate surface area is 246 Å². The van der Waals surface area contributed by atoms with Crippen molar-refractivity contribution < 1.29 is 27.1 Å². The van der Waals surface area contributed by atoms with Crippen molar-refractivity contribution >= 4 is 28.0 Å². The second kappa shape index (κ2) is 13.2. The molecule has 1 aliphatic heterocycles. The van der Waals surface area contributed by atoms with Crippen LogP contribution in [0.1, 0.15) is 36.0 Å². The number of aromatic nitrogens is 3. The highest BCUT2D eigenvalue weighted by atomic mass is 19.4. The number of nitrogens with one attached hydrogen (secondary N) is 2. The predicted octanol–water partition coefficient (Wildman–Crippen LogP) is 6.15. The van der Waals surface area contributed by atoms with Gasteiger partial charge in [-0.25, -0.2) is 4.98 Å². The fraction of sp³-hybridized carbons (Fsp3) is 0.281. The molecule has 5 rings (SSSR count). The van der Waals surface area contributed by atoms with E-state index in [1.165, 1.54) is 18.3 Å². The lowest BCUT2D eigenvalue weighted by Gasteiger charge is -2.31. The number of amides is 1. The molecule has 1 atom stereocenters. The molecule has 2 aromatic carbocycles. The number of piperidine rings is 1. The summed E-state index contributed by atoms with van der Waals surface area (Å²) in [6, 6.07) is 16.4. The van der Waals surface area contributed by atoms with Gasteiger partial charge >= 0.3 is 6.18 Å². The van der Waals surface area contributed by atoms with Gasteiger partial charge in [0.25, 0.3) is 0 Å². The number of rotatable bonds is 9. The number of likely N-dealkylation sites (N-methyl/N-ethyl adjacent to an activating group) is 1. The van der Waals surface area contributed by atoms with Crippen LogP contribution in [0.3, 0.4) is 0 Å². The SMILES string of the molecule is CNC(=O)/C=C/CN1CCCC(Oc2ccc(/C(=C(/CC(F)(F)F)c3ccccc3)c3ccc4n[nH]c(F)c4c3)cn2)C1. The lowest BCUT2D eigenvalue weighted by Crippen LogP contribution is -2.41. The Bertz CT molecular complexity index is 1610. The normalized spacial score (nSPS) is 16.8. The summed E-state index contributed by atoms with van der Waals surface area (Å²) < 4.78 is 62.5. The van der Waals surface area contributed by atoms with Crippen molar-refractivity contribution in [3.05, 3.63) is 102 Å². The van der Waals surface area contributed by atoms with E-state index in [1.54, 1.807) is 67.7 Å². The van der Waals surface area contributed by atoms with E-state index in [-0.39, 0.29) is 28.5 Å². The second-order valence-electron chi connectivity index (χ2n) is 10.3. The summed E-state index contributed by atoms with van der Waals surface area (Å²) in [6.07, 6.45) is 0.706. The van der Waals surface area contributed by atoms with Crippen LogP contribution in [0, 0.1) is 5.95 Å². The second-order valence-corrected chi connectivity index (χ2v) is 10.3. The third-order valence-corrected chi connectivity index (χ3v) is 7.25. The molecule has 2 N–H and O–H groups in total. The Hall–Kier alpha value is -4.51. The molecule has 0 radical (unpaired) electrons. The van der Waals surface area contributed by atoms with Crippen molar-refractivity contribution in [2.45, 2.75) is 31.5 Å². The van der Waals surface area contributed by atoms with Gasteiger partial charge in [0.1, 0.15) is 6.10 Å². The molecule has 1 fully saturated rings. The molecule has 0 saturated carbocycles. The number of nitrogens with zero attached hydrogens (tertiary/aromatic N) is 3. The van der Waals surface area contributed by atoms with Gasteiger partial charge in [-0.05, 0) is 59.9 Å². The van der Waals surface area contributed by atoms with Crippen LogP contribution in [0.5, 0.6) is 5.88 Å². The summed E-state index contributed by atoms with van der Waals surface area (Å²) >= 11 is 0. The van der Waals surface area contributed by atoms with Crippen molar-refractivity contribution in [3.8, 4) is 5.88 Å². The van der Waals surface area contributed by atoms with Gasteiger partial charge in [-0.3, -0.25) is 14.8 Å². The Balaban J connectivity index is 1.47. The number of halogens is 4. The van der Waals surface area contributed by atoms with Gasteiger partial charge in [-0.2, -0.15) is 22.7 Å². The first-order valence-corrected chi connectivity index (χ1v) is 13.9. The number of pyridine rings is 1. The van der Waals surface area contributed by atoms with E-state index in [2.05, 4.69) is 25.4 Å². The average molecular weight is 594 g/mol. The Morgan fingerprint density at radius 1 is 1.12 bits per heavy atom. The maximum Gasteiger partial charge on any atom is 0.393 e. The van der Waals surface area contributed by atoms with Gasteiger partial charge in [0.15, 0.2) is 0 Å². The molecule has 11 heteroatoms. The topological polar surface area (TPSA) is 83.1 Å². The molecule has 1 saturated heterocycles. The monoisotopic (exact) mass is 593 g/mol. The van der Waals surface area contributed by atoms with Crippen LogP contribution < -0.4 is 10.1 Å². The van der Waals surface area contributed by atoms with E-state index in [1.807, 2.05) is 0 Å². The third-order valence-electron chi connectivity index (χ3n) is 7.25. The minimum atomic E-state index is -4.50. The zero-order chi connectivity index (χ0) is 30.4. The van der Waals surface area contributed by atoms with E-state index in [0.717, 1.165) is 19.4 Å². The first-order valence-electron chi connectivity index (χ1n) is 13.9. The summed E-state index contributed by atoms with van der Waals surface area (Å²) in [7, 11) is 1.57. The summed E-state index contributed by atoms with van der Waals surface area (Å²) in [5.74, 6) is -0.479. The van der Waals surface area contributed by atoms with Crippen molar-refractivity contribution in [1.29, 1.82) is 0 Å². The number of hydrogen-bond acceptors (Lipinski definition) is 5. The first kappa shape index (κ1) is 30.0. The minimum Gasteiger partial charge on any atom is -0.473 e. The van der Waals surface area contributed by atoms with Gasteiger partial charge in [-0.1, -0.05) is 42.5 Å². The minimum absolute atomic E-state index is 0.0413. The summed E-state index contributed by atoms with van der Waals surface area (Å²) in [6.45, 7) is 2.13. The number of fused-ring (bicyclic) bond motifs is 1. The number of carbonyl (C=O) groups is 1. The van der Waals surface area contributed by atoms with Crippen LogP contribution >= 0.6 is 0 Å². The van der Waals surface area contributed by atoms with Gasteiger partial charge in [0, 0.05) is 44.0 Å². The van der Waals surface area contributed by atoms with E-state index >= 15 is 0 Å². The fourth-order valence-corrected chi connectivity index (χ4v) is 5.26. The van der Waals surface area contributed by atoms with E-state index in [4.69, 9.17) is 4.74 Å². The van der Waals surface area contributed by atoms with Crippen molar-refractivity contribution in [3.63, 3.8) is 0 Å². The van der Waals surface area contributed by atoms with Crippen LogP contribution in [0.15, 0.2) is 79.0 Å². The molecule has 1 amide bonds. The number of aromatic amines is 1. The molecule has 1 aliphatic rings. The zero-order valence-electron chi connectivity index (χ0n) is 23.5. The van der Waals surface area contributed by atoms with E-state index < -0.39 is 18.5 Å². The number of H-pyrrole nitrogens is 1. The lowest BCUT2D eigenvalue weighted by molar-refractivity contribution is -0.123. The van der Waals surface area contributed by atoms with Crippen LogP contribution in [0.2, 0.25) is 0 Å². The summed E-state index contributed by atoms with van der Waals surface area (Å²) in [4.78, 5) is 18.1. The number of likely N-dealkylation sites (tertiary alicyclic amines) is 1. The highest BCUT2D eigenvalue weighted by molar-refractivity contribution is 6.00. The van der Waals surface area contributed by atoms with Crippen molar-refractivity contribution in [2.75, 3.05) is 26.7 Å². The summed E-state index contributed by atoms with van der Waals surface area (Å²) in [5, 5.41) is 8.91. The van der Waals surface area contributed by atoms with Crippen LogP contribution in [-0.4, -0.2) is 65.0 Å². The molecular formula is C32H31F4N5O2. The van der Waals surface area contributed by atoms with Gasteiger partial charge < -0.3 is 10.1 Å². The summed E-state index contributed by atoms with van der Waals surface area (Å²) in [5.41, 5.74) is 1.93. The number of allylic oxidation sites excluding steroid dienone is 1. The molecule has 0 spiro atoms. The van der Waals surface area contributed by atoms with E-state index in [9.17, 15) is 22.4 Å². The van der Waals surface area contributed by atoms with Crippen molar-refractivity contribution in [2.24, 2.45) is 0 Å². The molecule has 0 bridgehead atoms. The quantitative estimate of drug-likeness (QED) is 0.138. The molecule has 3 heterocycles. The molecule has 4 aromatic rings. The molecular weight excluding hydrogens is 562 g/mol. The number of alkyl halides is 3. The van der Waals surface area contributed by atoms with Crippen LogP contribution in [-0.2, 0) is 4.79 Å². The highest BCUT2D eigenvalue weighted by Crippen LogP contribution is 2.40. The maximum atomic E-state index is 14.4. The molecule has 224 valence electrons. The first-order chi connectivity index (χ1) is 20.7. The fourth-order valence-electron chi connectivity index (χ4n) is 5.26. The largest absolute Gasteiger partial charge is 0.473 e. The van der Waals surface area contributed by atoms with Crippen LogP contribution in [0.4, 0.5) is 17.6 Å². The molecule has 0 aliphatic carbocycles. The van der Waals surface area contributed by atoms with Gasteiger partial charge in [0.05, 0.1) is 17.3 Å². The molecule has 43 heavy (non-hydrogen) atoms. The third kappa shape index (κ3) is 7.66. The predicted molar refractivity (Wildman–Crippen MR) is 157 cm³/mol. The zero-order valence-corrected chi connectivity index (χ0v) is 23.5. The number of benzene rings is 2. The lowest BCUT2D eigenvalue weighted by atomic mass is 9.88. The Morgan fingerprint density at radius 2 is 1.91 bits per heavy atom. The molecule has 2 aromatic heterocycles. The molecule has 7 nitrogen and oxygen atoms in total. The van der Waals surface area contributed by atoms with E-state index in [0.29, 0.717) is 41.2 Å². The standard InChI is InChI=1S/C32H31F4N5O2/c1-37-28(42)10-6-16-41-15-5-9-24(20-41)43-29-14-12-23(19-38-29)30(22-11-13-27-25(17-22)31(33)40-39-27)26(18-32(34,35)36)21-7-3-2-4-8-21/h2-4,6-8,10-14,17,19,24H,5,9,15-16,18,20H2,1H3,(H,37,42)(H,39,40)/b10-6+,30-26-. The Morgan fingerprint density at radius 3 is 2.63 bits per heavy atom. The average Bonchev–Trinajstić information content (AvgIpc) is 3.37. The number of ether oxygens (including phenoxy) is 1. The number of hydrogen-bond donors (Lipinski definition) is 2. The smallest absolute Gasteiger partial charge is 0.393 e. The Kier molecular flexibility index (Phi) is 9.20. The van der Waals surface area contributed by atoms with Gasteiger partial charge in [-0.15, -0.1) is 0 Å². The van der Waals surface area contributed by atoms with Crippen molar-refractivity contribution in [1.82, 2.24) is 25.4 Å². The van der Waals surface area contributed by atoms with Gasteiger partial charge in [0.2, 0.25) is 17.7 Å². The van der Waals surface area contributed by atoms with Crippen LogP contribution in [0.25, 0.3) is 22.0 Å². The maximum absolute atomic E-state index is 14.4. The number of carbonyl (C=O) groups excluding carboxylic acids is 1.